The van der Waals surface area contributed by atoms with Crippen LogP contribution in [0.4, 0.5) is 5.69 Å². The van der Waals surface area contributed by atoms with Gasteiger partial charge in [-0.1, -0.05) is 41.9 Å². The van der Waals surface area contributed by atoms with Gasteiger partial charge in [-0.3, -0.25) is 9.59 Å². The van der Waals surface area contributed by atoms with Crippen molar-refractivity contribution in [3.05, 3.63) is 105 Å². The molecule has 0 saturated carbocycles. The van der Waals surface area contributed by atoms with Crippen molar-refractivity contribution in [2.75, 3.05) is 12.0 Å². The third-order valence-corrected chi connectivity index (χ3v) is 5.20. The zero-order valence-electron chi connectivity index (χ0n) is 16.3. The Hall–Kier alpha value is -3.57. The molecule has 0 aliphatic heterocycles. The Morgan fingerprint density at radius 2 is 1.73 bits per heavy atom. The molecule has 0 saturated heterocycles. The molecule has 1 N–H and O–H groups in total. The molecule has 0 atom stereocenters. The zero-order chi connectivity index (χ0) is 21.1. The van der Waals surface area contributed by atoms with Crippen LogP contribution in [0.1, 0.15) is 15.9 Å². The Kier molecular flexibility index (Phi) is 5.55. The van der Waals surface area contributed by atoms with Crippen molar-refractivity contribution in [3.8, 4) is 5.75 Å². The van der Waals surface area contributed by atoms with Crippen molar-refractivity contribution in [1.82, 2.24) is 4.98 Å². The molecular formula is C24H19ClN2O3. The van der Waals surface area contributed by atoms with Gasteiger partial charge in [-0.25, -0.2) is 0 Å². The van der Waals surface area contributed by atoms with E-state index in [1.165, 1.54) is 0 Å². The van der Waals surface area contributed by atoms with Gasteiger partial charge in [0.15, 0.2) is 0 Å². The van der Waals surface area contributed by atoms with Crippen LogP contribution in [0.5, 0.6) is 5.75 Å². The second kappa shape index (κ2) is 8.43. The van der Waals surface area contributed by atoms with Gasteiger partial charge in [0.05, 0.1) is 24.2 Å². The lowest BCUT2D eigenvalue weighted by molar-refractivity contribution is 0.0985. The van der Waals surface area contributed by atoms with Gasteiger partial charge in [0.1, 0.15) is 5.75 Å². The lowest BCUT2D eigenvalue weighted by atomic mass is 10.1. The molecule has 6 heteroatoms. The van der Waals surface area contributed by atoms with Crippen molar-refractivity contribution in [1.29, 1.82) is 0 Å². The number of para-hydroxylation sites is 1. The van der Waals surface area contributed by atoms with Crippen molar-refractivity contribution < 1.29 is 9.53 Å². The van der Waals surface area contributed by atoms with Crippen molar-refractivity contribution >= 4 is 34.1 Å². The molecule has 1 heterocycles. The Labute approximate surface area is 178 Å². The summed E-state index contributed by atoms with van der Waals surface area (Å²) in [5, 5.41) is 1.18. The molecule has 150 valence electrons. The van der Waals surface area contributed by atoms with Crippen LogP contribution >= 0.6 is 11.6 Å². The number of anilines is 1. The molecule has 30 heavy (non-hydrogen) atoms. The normalized spacial score (nSPS) is 10.7. The summed E-state index contributed by atoms with van der Waals surface area (Å²) in [4.78, 5) is 30.5. The minimum absolute atomic E-state index is 0.0938. The number of rotatable bonds is 5. The molecular weight excluding hydrogens is 400 g/mol. The van der Waals surface area contributed by atoms with Crippen LogP contribution < -0.4 is 15.2 Å². The number of aromatic nitrogens is 1. The van der Waals surface area contributed by atoms with Gasteiger partial charge in [0.25, 0.3) is 11.5 Å². The summed E-state index contributed by atoms with van der Waals surface area (Å²) in [5.74, 6) is 0.407. The minimum atomic E-state index is -0.281. The average Bonchev–Trinajstić information content (AvgIpc) is 2.78. The predicted octanol–water partition coefficient (Wildman–Crippen LogP) is 5.04. The Morgan fingerprint density at radius 1 is 1.00 bits per heavy atom. The molecule has 0 aliphatic carbocycles. The number of benzene rings is 3. The van der Waals surface area contributed by atoms with Crippen LogP contribution in [0.2, 0.25) is 5.02 Å². The number of pyridine rings is 1. The number of amides is 1. The van der Waals surface area contributed by atoms with Crippen LogP contribution in [0.15, 0.2) is 83.7 Å². The summed E-state index contributed by atoms with van der Waals surface area (Å²) in [5.41, 5.74) is 1.96. The van der Waals surface area contributed by atoms with Gasteiger partial charge in [-0.15, -0.1) is 0 Å². The molecule has 3 aromatic carbocycles. The Bertz CT molecular complexity index is 1270. The number of nitrogens with one attached hydrogen (secondary N) is 1. The molecule has 0 aliphatic rings. The lowest BCUT2D eigenvalue weighted by Gasteiger charge is -2.23. The highest BCUT2D eigenvalue weighted by atomic mass is 35.5. The number of carbonyl (C=O) groups is 1. The molecule has 1 aromatic heterocycles. The first kappa shape index (κ1) is 19.7. The average molecular weight is 419 g/mol. The molecule has 0 unspecified atom stereocenters. The number of halogens is 1. The fourth-order valence-corrected chi connectivity index (χ4v) is 3.53. The minimum Gasteiger partial charge on any atom is -0.497 e. The topological polar surface area (TPSA) is 62.4 Å². The van der Waals surface area contributed by atoms with Crippen LogP contribution in [-0.2, 0) is 6.54 Å². The lowest BCUT2D eigenvalue weighted by Crippen LogP contribution is -2.33. The first-order valence-electron chi connectivity index (χ1n) is 9.38. The molecule has 5 nitrogen and oxygen atoms in total. The fraction of sp³-hybridized carbons (Fsp3) is 0.0833. The SMILES string of the molecule is COc1ccc2[nH]c(=O)c(CN(C(=O)c3ccccc3Cl)c3ccccc3)cc2c1. The third kappa shape index (κ3) is 3.93. The first-order chi connectivity index (χ1) is 14.6. The molecule has 1 amide bonds. The summed E-state index contributed by atoms with van der Waals surface area (Å²) in [6.45, 7) is 0.0938. The number of ether oxygens (including phenoxy) is 1. The first-order valence-corrected chi connectivity index (χ1v) is 9.76. The number of methoxy groups -OCH3 is 1. The monoisotopic (exact) mass is 418 g/mol. The second-order valence-corrected chi connectivity index (χ2v) is 7.19. The third-order valence-electron chi connectivity index (χ3n) is 4.87. The van der Waals surface area contributed by atoms with Gasteiger partial charge in [0, 0.05) is 22.2 Å². The van der Waals surface area contributed by atoms with Crippen molar-refractivity contribution in [2.24, 2.45) is 0 Å². The number of aromatic amines is 1. The molecule has 0 bridgehead atoms. The van der Waals surface area contributed by atoms with E-state index in [1.807, 2.05) is 36.4 Å². The maximum atomic E-state index is 13.4. The smallest absolute Gasteiger partial charge is 0.260 e. The van der Waals surface area contributed by atoms with E-state index < -0.39 is 0 Å². The largest absolute Gasteiger partial charge is 0.497 e. The van der Waals surface area contributed by atoms with Crippen LogP contribution in [-0.4, -0.2) is 18.0 Å². The summed E-state index contributed by atoms with van der Waals surface area (Å²) in [7, 11) is 1.59. The van der Waals surface area contributed by atoms with E-state index in [2.05, 4.69) is 4.98 Å². The van der Waals surface area contributed by atoms with Gasteiger partial charge in [-0.05, 0) is 48.5 Å². The van der Waals surface area contributed by atoms with E-state index in [-0.39, 0.29) is 18.0 Å². The molecule has 4 aromatic rings. The maximum absolute atomic E-state index is 13.4. The van der Waals surface area contributed by atoms with Crippen LogP contribution in [0.3, 0.4) is 0 Å². The summed E-state index contributed by atoms with van der Waals surface area (Å²) in [6.07, 6.45) is 0. The fourth-order valence-electron chi connectivity index (χ4n) is 3.31. The Balaban J connectivity index is 1.79. The van der Waals surface area contributed by atoms with Gasteiger partial charge in [-0.2, -0.15) is 0 Å². The van der Waals surface area contributed by atoms with E-state index in [1.54, 1.807) is 54.5 Å². The molecule has 0 fully saturated rings. The number of nitrogens with zero attached hydrogens (tertiary/aromatic N) is 1. The van der Waals surface area contributed by atoms with Crippen LogP contribution in [0.25, 0.3) is 10.9 Å². The number of fused-ring (bicyclic) bond motifs is 1. The summed E-state index contributed by atoms with van der Waals surface area (Å²) >= 11 is 6.27. The second-order valence-electron chi connectivity index (χ2n) is 6.78. The highest BCUT2D eigenvalue weighted by Crippen LogP contribution is 2.24. The number of carbonyl (C=O) groups excluding carboxylic acids is 1. The number of hydrogen-bond donors (Lipinski definition) is 1. The highest BCUT2D eigenvalue weighted by molar-refractivity contribution is 6.34. The van der Waals surface area contributed by atoms with Gasteiger partial charge < -0.3 is 14.6 Å². The van der Waals surface area contributed by atoms with E-state index in [0.717, 1.165) is 5.39 Å². The quantitative estimate of drug-likeness (QED) is 0.494. The summed E-state index contributed by atoms with van der Waals surface area (Å²) in [6, 6.07) is 23.3. The summed E-state index contributed by atoms with van der Waals surface area (Å²) < 4.78 is 5.28. The van der Waals surface area contributed by atoms with Gasteiger partial charge >= 0.3 is 0 Å². The molecule has 0 radical (unpaired) electrons. The Morgan fingerprint density at radius 3 is 2.47 bits per heavy atom. The number of H-pyrrole nitrogens is 1. The predicted molar refractivity (Wildman–Crippen MR) is 120 cm³/mol. The molecule has 0 spiro atoms. The van der Waals surface area contributed by atoms with Crippen LogP contribution in [0, 0.1) is 0 Å². The van der Waals surface area contributed by atoms with Crippen molar-refractivity contribution in [3.63, 3.8) is 0 Å². The van der Waals surface area contributed by atoms with E-state index in [0.29, 0.717) is 33.1 Å². The van der Waals surface area contributed by atoms with E-state index in [4.69, 9.17) is 16.3 Å². The van der Waals surface area contributed by atoms with E-state index >= 15 is 0 Å². The van der Waals surface area contributed by atoms with Crippen molar-refractivity contribution in [2.45, 2.75) is 6.54 Å². The molecule has 4 rings (SSSR count). The standard InChI is InChI=1S/C24H19ClN2O3/c1-30-19-11-12-22-16(14-19)13-17(23(28)26-22)15-27(18-7-3-2-4-8-18)24(29)20-9-5-6-10-21(20)25/h2-14H,15H2,1H3,(H,26,28). The highest BCUT2D eigenvalue weighted by Gasteiger charge is 2.21. The maximum Gasteiger partial charge on any atom is 0.260 e. The van der Waals surface area contributed by atoms with E-state index in [9.17, 15) is 9.59 Å². The zero-order valence-corrected chi connectivity index (χ0v) is 17.0. The number of hydrogen-bond acceptors (Lipinski definition) is 3. The van der Waals surface area contributed by atoms with Gasteiger partial charge in [0.2, 0.25) is 0 Å².